The molecule has 9 nitrogen and oxygen atoms in total. The molecular weight excluding hydrogens is 360 g/mol. The van der Waals surface area contributed by atoms with Crippen LogP contribution < -0.4 is 9.47 Å². The Kier molecular flexibility index (Phi) is 3.32. The zero-order chi connectivity index (χ0) is 19.6. The molecule has 0 amide bonds. The number of carboxylic acids is 1. The van der Waals surface area contributed by atoms with Gasteiger partial charge in [0, 0.05) is 11.1 Å². The Labute approximate surface area is 151 Å². The number of hydrogen-bond acceptors (Lipinski definition) is 8. The first kappa shape index (κ1) is 16.7. The molecule has 0 unspecified atom stereocenters. The summed E-state index contributed by atoms with van der Waals surface area (Å²) < 4.78 is 15.8. The molecule has 27 heavy (non-hydrogen) atoms. The third-order valence-electron chi connectivity index (χ3n) is 4.58. The number of aromatic hydroxyl groups is 2. The van der Waals surface area contributed by atoms with Gasteiger partial charge in [-0.25, -0.2) is 14.4 Å². The van der Waals surface area contributed by atoms with Crippen LogP contribution in [0.25, 0.3) is 0 Å². The second-order valence-corrected chi connectivity index (χ2v) is 6.15. The Morgan fingerprint density at radius 3 is 2.37 bits per heavy atom. The fourth-order valence-electron chi connectivity index (χ4n) is 3.26. The zero-order valence-electron chi connectivity index (χ0n) is 14.1. The molecule has 0 aliphatic carbocycles. The van der Waals surface area contributed by atoms with Gasteiger partial charge in [-0.05, 0) is 25.5 Å². The van der Waals surface area contributed by atoms with Crippen LogP contribution in [0.2, 0.25) is 0 Å². The molecule has 0 saturated carbocycles. The number of esters is 2. The van der Waals surface area contributed by atoms with Crippen molar-refractivity contribution in [1.82, 2.24) is 0 Å². The van der Waals surface area contributed by atoms with Crippen molar-refractivity contribution in [1.29, 1.82) is 0 Å². The number of carboxylic acid groups (broad SMARTS) is 1. The molecule has 3 N–H and O–H groups in total. The van der Waals surface area contributed by atoms with Crippen molar-refractivity contribution in [2.75, 3.05) is 0 Å². The summed E-state index contributed by atoms with van der Waals surface area (Å²) in [7, 11) is 0. The fraction of sp³-hybridized carbons (Fsp3) is 0.167. The van der Waals surface area contributed by atoms with Crippen molar-refractivity contribution < 1.29 is 43.9 Å². The minimum Gasteiger partial charge on any atom is -0.507 e. The lowest BCUT2D eigenvalue weighted by Crippen LogP contribution is -2.12. The van der Waals surface area contributed by atoms with Gasteiger partial charge in [0.2, 0.25) is 5.75 Å². The Balaban J connectivity index is 2.07. The van der Waals surface area contributed by atoms with Crippen LogP contribution in [-0.4, -0.2) is 33.2 Å². The maximum Gasteiger partial charge on any atom is 0.347 e. The first-order valence-electron chi connectivity index (χ1n) is 7.77. The number of fused-ring (bicyclic) bond motifs is 3. The lowest BCUT2D eigenvalue weighted by atomic mass is 10.0. The fourth-order valence-corrected chi connectivity index (χ4v) is 3.26. The van der Waals surface area contributed by atoms with Crippen LogP contribution in [0, 0.1) is 13.8 Å². The molecule has 2 aromatic carbocycles. The van der Waals surface area contributed by atoms with E-state index in [0.717, 1.165) is 6.07 Å². The van der Waals surface area contributed by atoms with E-state index >= 15 is 0 Å². The Bertz CT molecular complexity index is 1080. The number of rotatable bonds is 1. The second kappa shape index (κ2) is 5.37. The first-order chi connectivity index (χ1) is 12.7. The van der Waals surface area contributed by atoms with E-state index in [9.17, 15) is 29.7 Å². The molecule has 4 rings (SSSR count). The summed E-state index contributed by atoms with van der Waals surface area (Å²) in [5, 5.41) is 30.0. The van der Waals surface area contributed by atoms with E-state index < -0.39 is 46.5 Å². The van der Waals surface area contributed by atoms with E-state index in [2.05, 4.69) is 0 Å². The van der Waals surface area contributed by atoms with E-state index in [0.29, 0.717) is 11.1 Å². The third kappa shape index (κ3) is 2.14. The van der Waals surface area contributed by atoms with Crippen LogP contribution in [0.1, 0.15) is 47.8 Å². The molecule has 0 aromatic heterocycles. The van der Waals surface area contributed by atoms with Crippen LogP contribution in [0.15, 0.2) is 6.07 Å². The van der Waals surface area contributed by atoms with Gasteiger partial charge in [0.15, 0.2) is 17.2 Å². The summed E-state index contributed by atoms with van der Waals surface area (Å²) in [5.41, 5.74) is -0.113. The highest BCUT2D eigenvalue weighted by molar-refractivity contribution is 6.05. The van der Waals surface area contributed by atoms with Crippen molar-refractivity contribution >= 4 is 17.9 Å². The van der Waals surface area contributed by atoms with Gasteiger partial charge in [-0.15, -0.1) is 0 Å². The second-order valence-electron chi connectivity index (χ2n) is 6.15. The van der Waals surface area contributed by atoms with Crippen LogP contribution in [-0.2, 0) is 11.3 Å². The number of benzene rings is 2. The lowest BCUT2D eigenvalue weighted by molar-refractivity contribution is 0.0531. The average Bonchev–Trinajstić information content (AvgIpc) is 2.88. The van der Waals surface area contributed by atoms with Crippen molar-refractivity contribution in [3.05, 3.63) is 39.4 Å². The number of carbonyl (C=O) groups excluding carboxylic acids is 2. The number of cyclic esters (lactones) is 1. The number of ether oxygens (including phenoxy) is 3. The predicted octanol–water partition coefficient (Wildman–Crippen LogP) is 2.41. The van der Waals surface area contributed by atoms with Crippen molar-refractivity contribution in [3.8, 4) is 28.7 Å². The number of aromatic carboxylic acids is 1. The van der Waals surface area contributed by atoms with Crippen molar-refractivity contribution in [3.63, 3.8) is 0 Å². The van der Waals surface area contributed by atoms with Crippen molar-refractivity contribution in [2.45, 2.75) is 20.5 Å². The predicted molar refractivity (Wildman–Crippen MR) is 86.8 cm³/mol. The van der Waals surface area contributed by atoms with Crippen LogP contribution in [0.3, 0.4) is 0 Å². The van der Waals surface area contributed by atoms with Gasteiger partial charge in [-0.1, -0.05) is 0 Å². The number of aryl methyl sites for hydroxylation is 1. The number of carbonyl (C=O) groups is 3. The van der Waals surface area contributed by atoms with E-state index in [-0.39, 0.29) is 29.0 Å². The summed E-state index contributed by atoms with van der Waals surface area (Å²) in [6.07, 6.45) is 0. The van der Waals surface area contributed by atoms with Crippen LogP contribution >= 0.6 is 0 Å². The normalized spacial score (nSPS) is 14.3. The van der Waals surface area contributed by atoms with Crippen molar-refractivity contribution in [2.24, 2.45) is 0 Å². The van der Waals surface area contributed by atoms with E-state index in [1.54, 1.807) is 6.92 Å². The quantitative estimate of drug-likeness (QED) is 0.508. The lowest BCUT2D eigenvalue weighted by Gasteiger charge is -2.15. The molecular formula is C18H12O9. The molecule has 138 valence electrons. The highest BCUT2D eigenvalue weighted by Crippen LogP contribution is 2.52. The molecule has 2 heterocycles. The Morgan fingerprint density at radius 1 is 1.00 bits per heavy atom. The summed E-state index contributed by atoms with van der Waals surface area (Å²) in [6.45, 7) is 2.91. The van der Waals surface area contributed by atoms with Crippen LogP contribution in [0.4, 0.5) is 0 Å². The van der Waals surface area contributed by atoms with Gasteiger partial charge >= 0.3 is 17.9 Å². The minimum absolute atomic E-state index is 0.106. The highest BCUT2D eigenvalue weighted by Gasteiger charge is 2.39. The minimum atomic E-state index is -1.54. The van der Waals surface area contributed by atoms with E-state index in [4.69, 9.17) is 14.2 Å². The Morgan fingerprint density at radius 2 is 1.70 bits per heavy atom. The third-order valence-corrected chi connectivity index (χ3v) is 4.58. The van der Waals surface area contributed by atoms with Gasteiger partial charge in [0.05, 0.1) is 0 Å². The van der Waals surface area contributed by atoms with Gasteiger partial charge in [-0.3, -0.25) is 0 Å². The maximum absolute atomic E-state index is 12.6. The smallest absolute Gasteiger partial charge is 0.347 e. The maximum atomic E-state index is 12.6. The van der Waals surface area contributed by atoms with E-state index in [1.165, 1.54) is 6.92 Å². The average molecular weight is 372 g/mol. The summed E-state index contributed by atoms with van der Waals surface area (Å²) in [6, 6.07) is 1.10. The molecule has 0 bridgehead atoms. The molecule has 9 heteroatoms. The molecule has 0 atom stereocenters. The van der Waals surface area contributed by atoms with Gasteiger partial charge in [0.25, 0.3) is 0 Å². The highest BCUT2D eigenvalue weighted by atomic mass is 16.6. The summed E-state index contributed by atoms with van der Waals surface area (Å²) >= 11 is 0. The van der Waals surface area contributed by atoms with Crippen LogP contribution in [0.5, 0.6) is 28.7 Å². The molecule has 2 aliphatic heterocycles. The SMILES string of the molecule is Cc1cc(O)c(C(=O)O)c2c1C(=O)Oc1c(C)c3c(c(O)c1O2)C(=O)OC3. The molecule has 2 aromatic rings. The first-order valence-corrected chi connectivity index (χ1v) is 7.77. The number of hydrogen-bond donors (Lipinski definition) is 3. The van der Waals surface area contributed by atoms with Gasteiger partial charge < -0.3 is 29.5 Å². The largest absolute Gasteiger partial charge is 0.507 e. The summed E-state index contributed by atoms with van der Waals surface area (Å²) in [4.78, 5) is 36.2. The number of phenols is 2. The molecule has 0 radical (unpaired) electrons. The summed E-state index contributed by atoms with van der Waals surface area (Å²) in [5.74, 6) is -5.53. The van der Waals surface area contributed by atoms with Gasteiger partial charge in [-0.2, -0.15) is 0 Å². The van der Waals surface area contributed by atoms with E-state index in [1.807, 2.05) is 0 Å². The topological polar surface area (TPSA) is 140 Å². The molecule has 0 saturated heterocycles. The molecule has 0 fully saturated rings. The monoisotopic (exact) mass is 372 g/mol. The van der Waals surface area contributed by atoms with Gasteiger partial charge in [0.1, 0.15) is 29.0 Å². The molecule has 2 aliphatic rings. The number of phenolic OH excluding ortho intramolecular Hbond substituents is 1. The zero-order valence-corrected chi connectivity index (χ0v) is 14.1. The standard InChI is InChI=1S/C18H12O9/c1-5-3-8(19)11(16(21)22)14-9(5)18(24)27-13-6(2)7-4-25-17(23)10(7)12(20)15(13)26-14/h3,19-20H,4H2,1-2H3,(H,21,22). The molecule has 0 spiro atoms. The Hall–Kier alpha value is -3.75.